The van der Waals surface area contributed by atoms with Gasteiger partial charge in [-0.05, 0) is 12.8 Å². The van der Waals surface area contributed by atoms with Gasteiger partial charge in [-0.1, -0.05) is 50.7 Å². The topological polar surface area (TPSA) is 43.1 Å². The third-order valence-corrected chi connectivity index (χ3v) is 3.42. The number of thiocarbonyl (C=S) groups is 1. The fourth-order valence-corrected chi connectivity index (χ4v) is 2.45. The SMILES string of the molecule is CCCC(CCC)C(=S)S/C=C\[N+](=O)[O-]. The van der Waals surface area contributed by atoms with Crippen LogP contribution in [0, 0.1) is 16.0 Å². The van der Waals surface area contributed by atoms with Crippen LogP contribution in [0.4, 0.5) is 0 Å². The molecule has 0 amide bonds. The van der Waals surface area contributed by atoms with E-state index in [4.69, 9.17) is 12.2 Å². The molecule has 0 heterocycles. The van der Waals surface area contributed by atoms with Gasteiger partial charge in [0.15, 0.2) is 0 Å². The fourth-order valence-electron chi connectivity index (χ4n) is 1.32. The van der Waals surface area contributed by atoms with Gasteiger partial charge in [-0.25, -0.2) is 0 Å². The van der Waals surface area contributed by atoms with E-state index in [1.54, 1.807) is 0 Å². The molecule has 0 rings (SSSR count). The molecule has 0 aromatic rings. The predicted molar refractivity (Wildman–Crippen MR) is 69.6 cm³/mol. The van der Waals surface area contributed by atoms with Crippen LogP contribution < -0.4 is 0 Å². The highest BCUT2D eigenvalue weighted by Gasteiger charge is 2.12. The molecule has 0 aliphatic rings. The average molecular weight is 247 g/mol. The number of nitrogens with zero attached hydrogens (tertiary/aromatic N) is 1. The molecule has 0 aliphatic carbocycles. The van der Waals surface area contributed by atoms with Crippen molar-refractivity contribution in [1.29, 1.82) is 0 Å². The molecule has 0 atom stereocenters. The molecule has 5 heteroatoms. The van der Waals surface area contributed by atoms with Crippen molar-refractivity contribution in [3.63, 3.8) is 0 Å². The minimum atomic E-state index is -0.468. The Morgan fingerprint density at radius 3 is 2.40 bits per heavy atom. The Balaban J connectivity index is 4.07. The lowest BCUT2D eigenvalue weighted by atomic mass is 10.0. The largest absolute Gasteiger partial charge is 0.259 e. The van der Waals surface area contributed by atoms with E-state index in [2.05, 4.69) is 13.8 Å². The monoisotopic (exact) mass is 247 g/mol. The Bertz CT molecular complexity index is 236. The summed E-state index contributed by atoms with van der Waals surface area (Å²) in [4.78, 5) is 9.60. The Morgan fingerprint density at radius 2 is 2.00 bits per heavy atom. The molecule has 0 spiro atoms. The second-order valence-corrected chi connectivity index (χ2v) is 4.93. The lowest BCUT2D eigenvalue weighted by Gasteiger charge is -2.14. The highest BCUT2D eigenvalue weighted by atomic mass is 32.2. The predicted octanol–water partition coefficient (Wildman–Crippen LogP) is 4.01. The first-order chi connectivity index (χ1) is 7.11. The van der Waals surface area contributed by atoms with Crippen molar-refractivity contribution in [3.05, 3.63) is 21.7 Å². The lowest BCUT2D eigenvalue weighted by molar-refractivity contribution is -0.402. The van der Waals surface area contributed by atoms with E-state index in [1.165, 1.54) is 17.2 Å². The molecule has 0 saturated heterocycles. The van der Waals surface area contributed by atoms with Gasteiger partial charge < -0.3 is 0 Å². The van der Waals surface area contributed by atoms with Gasteiger partial charge >= 0.3 is 0 Å². The zero-order chi connectivity index (χ0) is 11.7. The van der Waals surface area contributed by atoms with E-state index in [1.807, 2.05) is 0 Å². The average Bonchev–Trinajstić information content (AvgIpc) is 2.16. The van der Waals surface area contributed by atoms with E-state index in [0.29, 0.717) is 5.92 Å². The molecule has 0 aromatic carbocycles. The first-order valence-electron chi connectivity index (χ1n) is 5.12. The third-order valence-electron chi connectivity index (χ3n) is 1.97. The van der Waals surface area contributed by atoms with Crippen LogP contribution >= 0.6 is 24.0 Å². The van der Waals surface area contributed by atoms with Gasteiger partial charge in [-0.2, -0.15) is 0 Å². The number of hydrogen-bond acceptors (Lipinski definition) is 4. The fraction of sp³-hybridized carbons (Fsp3) is 0.700. The van der Waals surface area contributed by atoms with Crippen LogP contribution in [0.5, 0.6) is 0 Å². The van der Waals surface area contributed by atoms with Gasteiger partial charge in [0.2, 0.25) is 6.20 Å². The summed E-state index contributed by atoms with van der Waals surface area (Å²) < 4.78 is 0.872. The summed E-state index contributed by atoms with van der Waals surface area (Å²) in [6.45, 7) is 4.26. The van der Waals surface area contributed by atoms with Gasteiger partial charge in [0.25, 0.3) is 0 Å². The second-order valence-electron chi connectivity index (χ2n) is 3.28. The van der Waals surface area contributed by atoms with Crippen LogP contribution in [0.15, 0.2) is 11.6 Å². The minimum Gasteiger partial charge on any atom is -0.259 e. The molecule has 0 radical (unpaired) electrons. The Labute approximate surface area is 100 Å². The van der Waals surface area contributed by atoms with Gasteiger partial charge in [0.05, 0.1) is 9.12 Å². The molecule has 0 N–H and O–H groups in total. The summed E-state index contributed by atoms with van der Waals surface area (Å²) in [5.74, 6) is 0.413. The molecule has 0 aliphatic heterocycles. The van der Waals surface area contributed by atoms with E-state index < -0.39 is 4.92 Å². The van der Waals surface area contributed by atoms with Crippen molar-refractivity contribution >= 4 is 28.2 Å². The van der Waals surface area contributed by atoms with Crippen molar-refractivity contribution in [2.75, 3.05) is 0 Å². The number of rotatable bonds is 7. The number of nitro groups is 1. The first kappa shape index (κ1) is 14.6. The molecule has 0 saturated carbocycles. The molecule has 0 fully saturated rings. The highest BCUT2D eigenvalue weighted by molar-refractivity contribution is 8.25. The van der Waals surface area contributed by atoms with Crippen molar-refractivity contribution in [2.45, 2.75) is 39.5 Å². The minimum absolute atomic E-state index is 0.413. The van der Waals surface area contributed by atoms with E-state index >= 15 is 0 Å². The van der Waals surface area contributed by atoms with Crippen LogP contribution in [0.25, 0.3) is 0 Å². The van der Waals surface area contributed by atoms with Gasteiger partial charge in [-0.15, -0.1) is 0 Å². The Hall–Kier alpha value is -0.420. The summed E-state index contributed by atoms with van der Waals surface area (Å²) in [6.07, 6.45) is 5.29. The zero-order valence-corrected chi connectivity index (χ0v) is 10.8. The van der Waals surface area contributed by atoms with Crippen molar-refractivity contribution in [2.24, 2.45) is 5.92 Å². The van der Waals surface area contributed by atoms with E-state index in [-0.39, 0.29) is 0 Å². The van der Waals surface area contributed by atoms with Crippen LogP contribution in [0.3, 0.4) is 0 Å². The third kappa shape index (κ3) is 7.50. The summed E-state index contributed by atoms with van der Waals surface area (Å²) in [6, 6.07) is 0. The van der Waals surface area contributed by atoms with E-state index in [9.17, 15) is 10.1 Å². The van der Waals surface area contributed by atoms with Crippen LogP contribution in [-0.2, 0) is 0 Å². The number of hydrogen-bond donors (Lipinski definition) is 0. The maximum Gasteiger partial charge on any atom is 0.241 e. The molecule has 0 aromatic heterocycles. The number of thioether (sulfide) groups is 1. The van der Waals surface area contributed by atoms with Gasteiger partial charge in [0, 0.05) is 11.3 Å². The molecule has 0 unspecified atom stereocenters. The van der Waals surface area contributed by atoms with E-state index in [0.717, 1.165) is 36.1 Å². The summed E-state index contributed by atoms with van der Waals surface area (Å²) >= 11 is 6.55. The molecule has 0 bridgehead atoms. The van der Waals surface area contributed by atoms with Crippen molar-refractivity contribution in [1.82, 2.24) is 0 Å². The maximum absolute atomic E-state index is 10.1. The smallest absolute Gasteiger partial charge is 0.241 e. The van der Waals surface area contributed by atoms with Crippen LogP contribution in [0.1, 0.15) is 39.5 Å². The van der Waals surface area contributed by atoms with Crippen LogP contribution in [-0.4, -0.2) is 9.12 Å². The summed E-state index contributed by atoms with van der Waals surface area (Å²) in [7, 11) is 0. The molecule has 86 valence electrons. The Morgan fingerprint density at radius 1 is 1.47 bits per heavy atom. The molecular weight excluding hydrogens is 230 g/mol. The molecular formula is C10H17NO2S2. The zero-order valence-electron chi connectivity index (χ0n) is 9.14. The Kier molecular flexibility index (Phi) is 8.61. The van der Waals surface area contributed by atoms with Crippen molar-refractivity contribution in [3.8, 4) is 0 Å². The summed E-state index contributed by atoms with van der Waals surface area (Å²) in [5.41, 5.74) is 0. The first-order valence-corrected chi connectivity index (χ1v) is 6.41. The highest BCUT2D eigenvalue weighted by Crippen LogP contribution is 2.23. The standard InChI is InChI=1S/C10H17NO2S2/c1-3-5-9(6-4-2)10(14)15-8-7-11(12)13/h7-9H,3-6H2,1-2H3/b8-7-. The summed E-state index contributed by atoms with van der Waals surface area (Å²) in [5, 5.41) is 11.5. The molecule has 15 heavy (non-hydrogen) atoms. The molecule has 3 nitrogen and oxygen atoms in total. The van der Waals surface area contributed by atoms with Crippen molar-refractivity contribution < 1.29 is 4.92 Å². The van der Waals surface area contributed by atoms with Gasteiger partial charge in [-0.3, -0.25) is 10.1 Å². The van der Waals surface area contributed by atoms with Gasteiger partial charge in [0.1, 0.15) is 0 Å². The normalized spacial score (nSPS) is 11.1. The second kappa shape index (κ2) is 8.85. The van der Waals surface area contributed by atoms with Crippen LogP contribution in [0.2, 0.25) is 0 Å². The lowest BCUT2D eigenvalue weighted by Crippen LogP contribution is -2.07. The maximum atomic E-state index is 10.1. The quantitative estimate of drug-likeness (QED) is 0.387.